The molecule has 1 saturated heterocycles. The van der Waals surface area contributed by atoms with Crippen LogP contribution in [0.2, 0.25) is 0 Å². The van der Waals surface area contributed by atoms with Crippen molar-refractivity contribution in [1.29, 1.82) is 0 Å². The summed E-state index contributed by atoms with van der Waals surface area (Å²) in [6, 6.07) is 17.6. The summed E-state index contributed by atoms with van der Waals surface area (Å²) in [5, 5.41) is 6.19. The maximum absolute atomic E-state index is 14.1. The van der Waals surface area contributed by atoms with E-state index in [1.165, 1.54) is 23.1 Å². The van der Waals surface area contributed by atoms with Crippen LogP contribution in [0.15, 0.2) is 66.7 Å². The van der Waals surface area contributed by atoms with Crippen molar-refractivity contribution in [1.82, 2.24) is 10.2 Å². The first-order chi connectivity index (χ1) is 17.9. The highest BCUT2D eigenvalue weighted by atomic mass is 19.1. The summed E-state index contributed by atoms with van der Waals surface area (Å²) in [4.78, 5) is 43.5. The lowest BCUT2D eigenvalue weighted by Gasteiger charge is -2.31. The van der Waals surface area contributed by atoms with Gasteiger partial charge in [-0.25, -0.2) is 4.39 Å². The molecule has 37 heavy (non-hydrogen) atoms. The molecule has 0 bridgehead atoms. The van der Waals surface area contributed by atoms with Gasteiger partial charge < -0.3 is 15.5 Å². The van der Waals surface area contributed by atoms with Crippen LogP contribution in [-0.4, -0.2) is 48.8 Å². The molecule has 1 atom stereocenters. The van der Waals surface area contributed by atoms with E-state index in [0.29, 0.717) is 30.0 Å². The third kappa shape index (κ3) is 5.24. The highest BCUT2D eigenvalue weighted by Gasteiger charge is 2.35. The SMILES string of the molecule is Cc1ccc(C2CC(=O)Nc3cc(C(=O)N4CCCNCC4)ccc3N2C(=O)c2cccc(F)c2)cc1. The molecule has 2 N–H and O–H groups in total. The van der Waals surface area contributed by atoms with E-state index in [0.717, 1.165) is 30.6 Å². The van der Waals surface area contributed by atoms with Crippen LogP contribution < -0.4 is 15.5 Å². The second-order valence-electron chi connectivity index (χ2n) is 9.49. The minimum atomic E-state index is -0.615. The van der Waals surface area contributed by atoms with Crippen LogP contribution in [0.1, 0.15) is 50.7 Å². The molecule has 5 rings (SSSR count). The monoisotopic (exact) mass is 500 g/mol. The highest BCUT2D eigenvalue weighted by Crippen LogP contribution is 2.40. The standard InChI is InChI=1S/C29H29FN4O3/c1-19-6-8-20(9-7-19)26-18-27(35)32-24-17-22(28(36)33-14-3-12-31-13-15-33)10-11-25(24)34(26)29(37)21-4-2-5-23(30)16-21/h2,4-11,16-17,26,31H,3,12-15,18H2,1H3,(H,32,35). The Balaban J connectivity index is 1.59. The van der Waals surface area contributed by atoms with Gasteiger partial charge in [0, 0.05) is 30.8 Å². The lowest BCUT2D eigenvalue weighted by atomic mass is 9.98. The summed E-state index contributed by atoms with van der Waals surface area (Å²) in [6.07, 6.45) is 0.876. The summed E-state index contributed by atoms with van der Waals surface area (Å²) >= 11 is 0. The Hall–Kier alpha value is -4.04. The summed E-state index contributed by atoms with van der Waals surface area (Å²) in [5.74, 6) is -1.34. The molecule has 0 radical (unpaired) electrons. The van der Waals surface area contributed by atoms with Crippen LogP contribution in [0.4, 0.5) is 15.8 Å². The summed E-state index contributed by atoms with van der Waals surface area (Å²) in [5.41, 5.74) is 3.29. The summed E-state index contributed by atoms with van der Waals surface area (Å²) in [7, 11) is 0. The van der Waals surface area contributed by atoms with Crippen molar-refractivity contribution in [3.8, 4) is 0 Å². The molecule has 8 heteroatoms. The Morgan fingerprint density at radius 1 is 0.919 bits per heavy atom. The number of carbonyl (C=O) groups excluding carboxylic acids is 3. The summed E-state index contributed by atoms with van der Waals surface area (Å²) < 4.78 is 14.1. The number of hydrogen-bond donors (Lipinski definition) is 2. The molecule has 0 aromatic heterocycles. The Morgan fingerprint density at radius 3 is 2.49 bits per heavy atom. The van der Waals surface area contributed by atoms with Crippen LogP contribution in [-0.2, 0) is 4.79 Å². The van der Waals surface area contributed by atoms with Gasteiger partial charge in [-0.1, -0.05) is 35.9 Å². The number of fused-ring (bicyclic) bond motifs is 1. The second-order valence-corrected chi connectivity index (χ2v) is 9.49. The predicted octanol–water partition coefficient (Wildman–Crippen LogP) is 4.30. The third-order valence-electron chi connectivity index (χ3n) is 6.85. The first-order valence-electron chi connectivity index (χ1n) is 12.5. The molecule has 0 saturated carbocycles. The Bertz CT molecular complexity index is 1330. The summed E-state index contributed by atoms with van der Waals surface area (Å²) in [6.45, 7) is 4.80. The van der Waals surface area contributed by atoms with E-state index in [9.17, 15) is 18.8 Å². The van der Waals surface area contributed by atoms with E-state index in [2.05, 4.69) is 10.6 Å². The zero-order valence-electron chi connectivity index (χ0n) is 20.7. The fourth-order valence-corrected chi connectivity index (χ4v) is 4.91. The molecule has 2 aliphatic rings. The number of hydrogen-bond acceptors (Lipinski definition) is 4. The average molecular weight is 501 g/mol. The molecule has 1 fully saturated rings. The quantitative estimate of drug-likeness (QED) is 0.562. The van der Waals surface area contributed by atoms with Gasteiger partial charge in [0.25, 0.3) is 11.8 Å². The van der Waals surface area contributed by atoms with Crippen LogP contribution in [0.5, 0.6) is 0 Å². The Morgan fingerprint density at radius 2 is 1.70 bits per heavy atom. The fraction of sp³-hybridized carbons (Fsp3) is 0.276. The van der Waals surface area contributed by atoms with Gasteiger partial charge in [-0.3, -0.25) is 19.3 Å². The topological polar surface area (TPSA) is 81.8 Å². The number of nitrogens with zero attached hydrogens (tertiary/aromatic N) is 2. The van der Waals surface area contributed by atoms with Crippen LogP contribution >= 0.6 is 0 Å². The average Bonchev–Trinajstić information content (AvgIpc) is 3.25. The zero-order valence-corrected chi connectivity index (χ0v) is 20.7. The third-order valence-corrected chi connectivity index (χ3v) is 6.85. The predicted molar refractivity (Wildman–Crippen MR) is 140 cm³/mol. The lowest BCUT2D eigenvalue weighted by molar-refractivity contribution is -0.116. The van der Waals surface area contributed by atoms with E-state index in [1.807, 2.05) is 31.2 Å². The van der Waals surface area contributed by atoms with Crippen molar-refractivity contribution >= 4 is 29.1 Å². The van der Waals surface area contributed by atoms with Crippen molar-refractivity contribution < 1.29 is 18.8 Å². The van der Waals surface area contributed by atoms with Crippen molar-refractivity contribution in [2.45, 2.75) is 25.8 Å². The molecule has 2 aliphatic heterocycles. The molecule has 0 aliphatic carbocycles. The number of benzene rings is 3. The number of nitrogens with one attached hydrogen (secondary N) is 2. The van der Waals surface area contributed by atoms with Gasteiger partial charge in [0.1, 0.15) is 5.82 Å². The van der Waals surface area contributed by atoms with Gasteiger partial charge in [0.15, 0.2) is 0 Å². The van der Waals surface area contributed by atoms with Gasteiger partial charge in [0.2, 0.25) is 5.91 Å². The molecular weight excluding hydrogens is 471 g/mol. The van der Waals surface area contributed by atoms with Crippen molar-refractivity contribution in [2.75, 3.05) is 36.4 Å². The largest absolute Gasteiger partial charge is 0.337 e. The minimum Gasteiger partial charge on any atom is -0.337 e. The molecule has 3 aromatic carbocycles. The number of aryl methyl sites for hydroxylation is 1. The van der Waals surface area contributed by atoms with E-state index >= 15 is 0 Å². The lowest BCUT2D eigenvalue weighted by Crippen LogP contribution is -2.35. The number of rotatable bonds is 3. The Labute approximate surface area is 215 Å². The molecule has 2 heterocycles. The van der Waals surface area contributed by atoms with Gasteiger partial charge in [-0.05, 0) is 61.9 Å². The van der Waals surface area contributed by atoms with Crippen LogP contribution in [0.3, 0.4) is 0 Å². The fourth-order valence-electron chi connectivity index (χ4n) is 4.91. The molecule has 3 aromatic rings. The molecular formula is C29H29FN4O3. The smallest absolute Gasteiger partial charge is 0.259 e. The van der Waals surface area contributed by atoms with E-state index < -0.39 is 17.8 Å². The van der Waals surface area contributed by atoms with Gasteiger partial charge in [-0.15, -0.1) is 0 Å². The van der Waals surface area contributed by atoms with E-state index in [1.54, 1.807) is 29.2 Å². The van der Waals surface area contributed by atoms with E-state index in [-0.39, 0.29) is 23.8 Å². The zero-order chi connectivity index (χ0) is 25.9. The minimum absolute atomic E-state index is 0.0138. The van der Waals surface area contributed by atoms with E-state index in [4.69, 9.17) is 0 Å². The first-order valence-corrected chi connectivity index (χ1v) is 12.5. The number of halogens is 1. The molecule has 190 valence electrons. The molecule has 3 amide bonds. The van der Waals surface area contributed by atoms with Gasteiger partial charge in [-0.2, -0.15) is 0 Å². The maximum Gasteiger partial charge on any atom is 0.259 e. The maximum atomic E-state index is 14.1. The normalized spacial score (nSPS) is 17.9. The van der Waals surface area contributed by atoms with Crippen molar-refractivity contribution in [2.24, 2.45) is 0 Å². The van der Waals surface area contributed by atoms with Gasteiger partial charge >= 0.3 is 0 Å². The first kappa shape index (κ1) is 24.6. The van der Waals surface area contributed by atoms with Crippen molar-refractivity contribution in [3.63, 3.8) is 0 Å². The number of anilines is 2. The molecule has 0 spiro atoms. The van der Waals surface area contributed by atoms with Crippen LogP contribution in [0, 0.1) is 12.7 Å². The molecule has 1 unspecified atom stereocenters. The number of carbonyl (C=O) groups is 3. The molecule has 7 nitrogen and oxygen atoms in total. The highest BCUT2D eigenvalue weighted by molar-refractivity contribution is 6.12. The van der Waals surface area contributed by atoms with Crippen LogP contribution in [0.25, 0.3) is 0 Å². The second kappa shape index (κ2) is 10.5. The number of amides is 3. The Kier molecular flexibility index (Phi) is 7.01. The van der Waals surface area contributed by atoms with Crippen molar-refractivity contribution in [3.05, 3.63) is 94.8 Å². The van der Waals surface area contributed by atoms with Gasteiger partial charge in [0.05, 0.1) is 23.8 Å².